The Balaban J connectivity index is 1.72. The molecule has 0 saturated carbocycles. The molecule has 1 aliphatic heterocycles. The van der Waals surface area contributed by atoms with E-state index in [0.717, 1.165) is 0 Å². The van der Waals surface area contributed by atoms with E-state index in [1.165, 1.54) is 13.2 Å². The first kappa shape index (κ1) is 15.9. The number of ether oxygens (including phenoxy) is 1. The van der Waals surface area contributed by atoms with E-state index >= 15 is 0 Å². The maximum atomic E-state index is 13.6. The van der Waals surface area contributed by atoms with Crippen LogP contribution in [0.5, 0.6) is 5.88 Å². The highest BCUT2D eigenvalue weighted by atomic mass is 19.1. The Morgan fingerprint density at radius 3 is 2.92 bits per heavy atom. The van der Waals surface area contributed by atoms with Crippen LogP contribution in [0, 0.1) is 11.7 Å². The molecule has 0 bridgehead atoms. The zero-order valence-electron chi connectivity index (χ0n) is 13.0. The van der Waals surface area contributed by atoms with Gasteiger partial charge in [0.25, 0.3) is 0 Å². The lowest BCUT2D eigenvalue weighted by Gasteiger charge is -2.23. The molecule has 1 aliphatic rings. The molecule has 1 atom stereocenters. The molecule has 6 nitrogen and oxygen atoms in total. The summed E-state index contributed by atoms with van der Waals surface area (Å²) in [4.78, 5) is 28.9. The first-order valence-corrected chi connectivity index (χ1v) is 7.44. The normalized spacial score (nSPS) is 16.1. The molecule has 2 aromatic rings. The van der Waals surface area contributed by atoms with Gasteiger partial charge < -0.3 is 15.4 Å². The van der Waals surface area contributed by atoms with Crippen LogP contribution in [-0.2, 0) is 11.3 Å². The van der Waals surface area contributed by atoms with Gasteiger partial charge in [0.2, 0.25) is 11.8 Å². The van der Waals surface area contributed by atoms with Crippen LogP contribution in [0.15, 0.2) is 36.4 Å². The number of nitrogens with one attached hydrogen (secondary N) is 2. The molecule has 0 aliphatic carbocycles. The summed E-state index contributed by atoms with van der Waals surface area (Å²) in [6, 6.07) is 9.49. The van der Waals surface area contributed by atoms with Crippen molar-refractivity contribution >= 4 is 17.4 Å². The summed E-state index contributed by atoms with van der Waals surface area (Å²) in [6.45, 7) is 0.191. The SMILES string of the molecule is COc1ccc2c(n1)C(=O)C(C(=O)NCc1ccccc1F)CN2. The second kappa shape index (κ2) is 6.66. The van der Waals surface area contributed by atoms with E-state index in [4.69, 9.17) is 4.74 Å². The van der Waals surface area contributed by atoms with E-state index in [2.05, 4.69) is 15.6 Å². The second-order valence-corrected chi connectivity index (χ2v) is 5.36. The zero-order chi connectivity index (χ0) is 17.1. The summed E-state index contributed by atoms with van der Waals surface area (Å²) in [5.41, 5.74) is 1.10. The number of methoxy groups -OCH3 is 1. The fraction of sp³-hybridized carbons (Fsp3) is 0.235. The highest BCUT2D eigenvalue weighted by Crippen LogP contribution is 2.25. The highest BCUT2D eigenvalue weighted by molar-refractivity contribution is 6.13. The number of halogens is 1. The van der Waals surface area contributed by atoms with Crippen molar-refractivity contribution < 1.29 is 18.7 Å². The maximum absolute atomic E-state index is 13.6. The third-order valence-corrected chi connectivity index (χ3v) is 3.85. The van der Waals surface area contributed by atoms with Gasteiger partial charge in [-0.05, 0) is 12.1 Å². The Kier molecular flexibility index (Phi) is 4.41. The van der Waals surface area contributed by atoms with Gasteiger partial charge >= 0.3 is 0 Å². The smallest absolute Gasteiger partial charge is 0.233 e. The third kappa shape index (κ3) is 3.05. The van der Waals surface area contributed by atoms with Crippen LogP contribution in [-0.4, -0.2) is 30.3 Å². The van der Waals surface area contributed by atoms with Crippen LogP contribution in [0.3, 0.4) is 0 Å². The van der Waals surface area contributed by atoms with Gasteiger partial charge in [-0.2, -0.15) is 0 Å². The van der Waals surface area contributed by atoms with Crippen LogP contribution in [0.4, 0.5) is 10.1 Å². The number of carbonyl (C=O) groups excluding carboxylic acids is 2. The first-order chi connectivity index (χ1) is 11.6. The number of nitrogens with zero attached hydrogens (tertiary/aromatic N) is 1. The first-order valence-electron chi connectivity index (χ1n) is 7.44. The second-order valence-electron chi connectivity index (χ2n) is 5.36. The number of fused-ring (bicyclic) bond motifs is 1. The highest BCUT2D eigenvalue weighted by Gasteiger charge is 2.34. The van der Waals surface area contributed by atoms with E-state index < -0.39 is 17.6 Å². The number of amides is 1. The third-order valence-electron chi connectivity index (χ3n) is 3.85. The van der Waals surface area contributed by atoms with E-state index in [-0.39, 0.29) is 24.6 Å². The van der Waals surface area contributed by atoms with Crippen molar-refractivity contribution in [3.63, 3.8) is 0 Å². The summed E-state index contributed by atoms with van der Waals surface area (Å²) < 4.78 is 18.6. The van der Waals surface area contributed by atoms with Gasteiger partial charge in [0.15, 0.2) is 5.78 Å². The van der Waals surface area contributed by atoms with E-state index in [0.29, 0.717) is 17.1 Å². The molecule has 2 heterocycles. The van der Waals surface area contributed by atoms with Gasteiger partial charge in [0, 0.05) is 24.7 Å². The van der Waals surface area contributed by atoms with Crippen LogP contribution in [0.2, 0.25) is 0 Å². The van der Waals surface area contributed by atoms with Crippen LogP contribution in [0.25, 0.3) is 0 Å². The summed E-state index contributed by atoms with van der Waals surface area (Å²) >= 11 is 0. The number of ketones is 1. The van der Waals surface area contributed by atoms with Crippen molar-refractivity contribution in [1.82, 2.24) is 10.3 Å². The zero-order valence-corrected chi connectivity index (χ0v) is 13.0. The molecular weight excluding hydrogens is 313 g/mol. The van der Waals surface area contributed by atoms with Crippen LogP contribution >= 0.6 is 0 Å². The molecule has 0 radical (unpaired) electrons. The van der Waals surface area contributed by atoms with Gasteiger partial charge in [-0.1, -0.05) is 18.2 Å². The molecule has 0 spiro atoms. The molecule has 1 aromatic carbocycles. The molecule has 0 saturated heterocycles. The summed E-state index contributed by atoms with van der Waals surface area (Å²) in [6.07, 6.45) is 0. The minimum absolute atomic E-state index is 0.0215. The Morgan fingerprint density at radius 1 is 1.38 bits per heavy atom. The number of hydrogen-bond acceptors (Lipinski definition) is 5. The van der Waals surface area contributed by atoms with E-state index in [1.54, 1.807) is 30.3 Å². The molecule has 24 heavy (non-hydrogen) atoms. The molecule has 3 rings (SSSR count). The van der Waals surface area contributed by atoms with Gasteiger partial charge in [-0.3, -0.25) is 9.59 Å². The maximum Gasteiger partial charge on any atom is 0.233 e. The summed E-state index contributed by atoms with van der Waals surface area (Å²) in [5, 5.41) is 5.61. The number of anilines is 1. The van der Waals surface area contributed by atoms with Crippen molar-refractivity contribution in [2.45, 2.75) is 6.54 Å². The van der Waals surface area contributed by atoms with E-state index in [9.17, 15) is 14.0 Å². The average molecular weight is 329 g/mol. The fourth-order valence-electron chi connectivity index (χ4n) is 2.51. The average Bonchev–Trinajstić information content (AvgIpc) is 2.61. The standard InChI is InChI=1S/C17H16FN3O3/c1-24-14-7-6-13-15(21-14)16(22)11(9-19-13)17(23)20-8-10-4-2-3-5-12(10)18/h2-7,11,19H,8-9H2,1H3,(H,20,23). The van der Waals surface area contributed by atoms with Crippen molar-refractivity contribution in [2.24, 2.45) is 5.92 Å². The Bertz CT molecular complexity index is 794. The minimum Gasteiger partial charge on any atom is -0.481 e. The number of pyridine rings is 1. The summed E-state index contributed by atoms with van der Waals surface area (Å²) in [7, 11) is 1.45. The largest absolute Gasteiger partial charge is 0.481 e. The number of Topliss-reactive ketones (excluding diaryl/α,β-unsaturated/α-hetero) is 1. The minimum atomic E-state index is -0.913. The molecule has 1 unspecified atom stereocenters. The van der Waals surface area contributed by atoms with Crippen molar-refractivity contribution in [3.8, 4) is 5.88 Å². The molecule has 2 N–H and O–H groups in total. The predicted molar refractivity (Wildman–Crippen MR) is 85.3 cm³/mol. The topological polar surface area (TPSA) is 80.3 Å². The number of hydrogen-bond donors (Lipinski definition) is 2. The molecule has 1 aromatic heterocycles. The van der Waals surface area contributed by atoms with Gasteiger partial charge in [0.1, 0.15) is 17.4 Å². The van der Waals surface area contributed by atoms with Gasteiger partial charge in [0.05, 0.1) is 12.8 Å². The molecule has 0 fully saturated rings. The Labute approximate surface area is 138 Å². The van der Waals surface area contributed by atoms with Crippen LogP contribution in [0.1, 0.15) is 16.1 Å². The number of rotatable bonds is 4. The Morgan fingerprint density at radius 2 is 2.17 bits per heavy atom. The number of aromatic nitrogens is 1. The lowest BCUT2D eigenvalue weighted by atomic mass is 9.95. The molecule has 1 amide bonds. The van der Waals surface area contributed by atoms with Gasteiger partial charge in [-0.25, -0.2) is 9.37 Å². The van der Waals surface area contributed by atoms with Crippen molar-refractivity contribution in [3.05, 3.63) is 53.5 Å². The molecule has 124 valence electrons. The number of carbonyl (C=O) groups is 2. The number of benzene rings is 1. The monoisotopic (exact) mass is 329 g/mol. The van der Waals surface area contributed by atoms with Crippen LogP contribution < -0.4 is 15.4 Å². The van der Waals surface area contributed by atoms with Gasteiger partial charge in [-0.15, -0.1) is 0 Å². The lowest BCUT2D eigenvalue weighted by molar-refractivity contribution is -0.123. The fourth-order valence-corrected chi connectivity index (χ4v) is 2.51. The Hall–Kier alpha value is -2.96. The lowest BCUT2D eigenvalue weighted by Crippen LogP contribution is -2.42. The quantitative estimate of drug-likeness (QED) is 0.836. The molecular formula is C17H16FN3O3. The summed E-state index contributed by atoms with van der Waals surface area (Å²) in [5.74, 6) is -1.86. The van der Waals surface area contributed by atoms with Crippen molar-refractivity contribution in [2.75, 3.05) is 19.0 Å². The predicted octanol–water partition coefficient (Wildman–Crippen LogP) is 1.77. The molecule has 7 heteroatoms. The van der Waals surface area contributed by atoms with E-state index in [1.807, 2.05) is 0 Å². The van der Waals surface area contributed by atoms with Crippen molar-refractivity contribution in [1.29, 1.82) is 0 Å².